The fourth-order valence-electron chi connectivity index (χ4n) is 2.73. The van der Waals surface area contributed by atoms with E-state index in [0.29, 0.717) is 13.0 Å². The summed E-state index contributed by atoms with van der Waals surface area (Å²) in [5.41, 5.74) is 1.98. The molecule has 1 unspecified atom stereocenters. The first-order valence-corrected chi connectivity index (χ1v) is 7.35. The highest BCUT2D eigenvalue weighted by Gasteiger charge is 2.38. The molecule has 0 bridgehead atoms. The van der Waals surface area contributed by atoms with Gasteiger partial charge in [0.2, 0.25) is 0 Å². The highest BCUT2D eigenvalue weighted by molar-refractivity contribution is 5.94. The summed E-state index contributed by atoms with van der Waals surface area (Å²) in [7, 11) is 0. The number of carboxylic acid groups (broad SMARTS) is 1. The minimum Gasteiger partial charge on any atom is -0.481 e. The zero-order valence-electron chi connectivity index (χ0n) is 12.1. The first-order chi connectivity index (χ1) is 9.98. The van der Waals surface area contributed by atoms with Crippen molar-refractivity contribution in [3.63, 3.8) is 0 Å². The maximum absolute atomic E-state index is 12.4. The molecule has 21 heavy (non-hydrogen) atoms. The normalized spacial score (nSPS) is 22.3. The standard InChI is InChI=1S/C16H20N2O3/c1-16(6-7-16)10-17-15(21)18-9-12(14(19)20)8-11-4-2-3-5-13(11)18/h2-5,12H,6-10H2,1H3,(H,17,21)(H,19,20). The van der Waals surface area contributed by atoms with E-state index in [1.807, 2.05) is 24.3 Å². The molecule has 0 spiro atoms. The van der Waals surface area contributed by atoms with Gasteiger partial charge in [0.25, 0.3) is 0 Å². The Kier molecular flexibility index (Phi) is 3.35. The zero-order valence-corrected chi connectivity index (χ0v) is 12.1. The SMILES string of the molecule is CC1(CNC(=O)N2CC(C(=O)O)Cc3ccccc32)CC1. The van der Waals surface area contributed by atoms with E-state index < -0.39 is 11.9 Å². The summed E-state index contributed by atoms with van der Waals surface area (Å²) >= 11 is 0. The summed E-state index contributed by atoms with van der Waals surface area (Å²) in [5, 5.41) is 12.2. The van der Waals surface area contributed by atoms with Gasteiger partial charge in [-0.1, -0.05) is 25.1 Å². The molecule has 2 amide bonds. The number of nitrogens with one attached hydrogen (secondary N) is 1. The number of carbonyl (C=O) groups excluding carboxylic acids is 1. The van der Waals surface area contributed by atoms with Crippen LogP contribution in [-0.4, -0.2) is 30.2 Å². The van der Waals surface area contributed by atoms with Crippen molar-refractivity contribution in [2.24, 2.45) is 11.3 Å². The third kappa shape index (κ3) is 2.86. The highest BCUT2D eigenvalue weighted by atomic mass is 16.4. The number of para-hydroxylation sites is 1. The van der Waals surface area contributed by atoms with E-state index in [0.717, 1.165) is 24.1 Å². The molecule has 0 saturated heterocycles. The lowest BCUT2D eigenvalue weighted by atomic mass is 9.93. The van der Waals surface area contributed by atoms with Gasteiger partial charge in [-0.3, -0.25) is 9.69 Å². The van der Waals surface area contributed by atoms with Crippen molar-refractivity contribution in [1.29, 1.82) is 0 Å². The molecule has 1 aromatic carbocycles. The van der Waals surface area contributed by atoms with Crippen LogP contribution in [0.2, 0.25) is 0 Å². The van der Waals surface area contributed by atoms with Gasteiger partial charge in [0.05, 0.1) is 5.92 Å². The molecule has 3 rings (SSSR count). The number of hydrogen-bond acceptors (Lipinski definition) is 2. The summed E-state index contributed by atoms with van der Waals surface area (Å²) in [5.74, 6) is -1.39. The van der Waals surface area contributed by atoms with Crippen LogP contribution in [0.4, 0.5) is 10.5 Å². The summed E-state index contributed by atoms with van der Waals surface area (Å²) in [6, 6.07) is 7.34. The monoisotopic (exact) mass is 288 g/mol. The number of benzene rings is 1. The van der Waals surface area contributed by atoms with Crippen molar-refractivity contribution in [1.82, 2.24) is 5.32 Å². The maximum Gasteiger partial charge on any atom is 0.321 e. The lowest BCUT2D eigenvalue weighted by Gasteiger charge is -2.33. The Bertz CT molecular complexity index is 581. The molecule has 2 N–H and O–H groups in total. The van der Waals surface area contributed by atoms with Gasteiger partial charge in [-0.05, 0) is 36.3 Å². The smallest absolute Gasteiger partial charge is 0.321 e. The number of nitrogens with zero attached hydrogens (tertiary/aromatic N) is 1. The molecule has 1 aromatic rings. The molecular formula is C16H20N2O3. The molecular weight excluding hydrogens is 268 g/mol. The number of carboxylic acids is 1. The van der Waals surface area contributed by atoms with Crippen LogP contribution in [0.25, 0.3) is 0 Å². The van der Waals surface area contributed by atoms with E-state index in [4.69, 9.17) is 0 Å². The van der Waals surface area contributed by atoms with Crippen molar-refractivity contribution >= 4 is 17.7 Å². The van der Waals surface area contributed by atoms with Crippen LogP contribution in [0.5, 0.6) is 0 Å². The minimum atomic E-state index is -0.851. The van der Waals surface area contributed by atoms with Crippen molar-refractivity contribution in [3.8, 4) is 0 Å². The number of anilines is 1. The topological polar surface area (TPSA) is 69.6 Å². The van der Waals surface area contributed by atoms with Crippen LogP contribution in [0.1, 0.15) is 25.3 Å². The van der Waals surface area contributed by atoms with Gasteiger partial charge in [0, 0.05) is 18.8 Å². The Labute approximate surface area is 123 Å². The molecule has 1 fully saturated rings. The molecule has 1 heterocycles. The van der Waals surface area contributed by atoms with Gasteiger partial charge < -0.3 is 10.4 Å². The van der Waals surface area contributed by atoms with Gasteiger partial charge in [-0.15, -0.1) is 0 Å². The minimum absolute atomic E-state index is 0.193. The number of fused-ring (bicyclic) bond motifs is 1. The maximum atomic E-state index is 12.4. The van der Waals surface area contributed by atoms with Crippen LogP contribution in [0.3, 0.4) is 0 Å². The second kappa shape index (κ2) is 5.06. The van der Waals surface area contributed by atoms with E-state index in [1.54, 1.807) is 4.90 Å². The Morgan fingerprint density at radius 1 is 1.38 bits per heavy atom. The third-order valence-corrected chi connectivity index (χ3v) is 4.52. The van der Waals surface area contributed by atoms with Crippen molar-refractivity contribution in [2.75, 3.05) is 18.0 Å². The lowest BCUT2D eigenvalue weighted by Crippen LogP contribution is -2.48. The highest BCUT2D eigenvalue weighted by Crippen LogP contribution is 2.44. The van der Waals surface area contributed by atoms with E-state index in [-0.39, 0.29) is 18.0 Å². The Hall–Kier alpha value is -2.04. The third-order valence-electron chi connectivity index (χ3n) is 4.52. The predicted octanol–water partition coefficient (Wildman–Crippen LogP) is 2.26. The number of amides is 2. The fraction of sp³-hybridized carbons (Fsp3) is 0.500. The molecule has 1 atom stereocenters. The average molecular weight is 288 g/mol. The Morgan fingerprint density at radius 2 is 2.10 bits per heavy atom. The average Bonchev–Trinajstić information content (AvgIpc) is 3.21. The summed E-state index contributed by atoms with van der Waals surface area (Å²) < 4.78 is 0. The van der Waals surface area contributed by atoms with Crippen LogP contribution in [0.15, 0.2) is 24.3 Å². The molecule has 1 aliphatic heterocycles. The number of carbonyl (C=O) groups is 2. The van der Waals surface area contributed by atoms with Crippen molar-refractivity contribution < 1.29 is 14.7 Å². The fourth-order valence-corrected chi connectivity index (χ4v) is 2.73. The van der Waals surface area contributed by atoms with Crippen LogP contribution in [0, 0.1) is 11.3 Å². The lowest BCUT2D eigenvalue weighted by molar-refractivity contribution is -0.141. The molecule has 112 valence electrons. The molecule has 5 heteroatoms. The predicted molar refractivity (Wildman–Crippen MR) is 79.4 cm³/mol. The number of rotatable bonds is 3. The second-order valence-electron chi connectivity index (χ2n) is 6.45. The van der Waals surface area contributed by atoms with E-state index >= 15 is 0 Å². The van der Waals surface area contributed by atoms with Crippen molar-refractivity contribution in [2.45, 2.75) is 26.2 Å². The van der Waals surface area contributed by atoms with Gasteiger partial charge in [0.15, 0.2) is 0 Å². The van der Waals surface area contributed by atoms with E-state index in [9.17, 15) is 14.7 Å². The molecule has 5 nitrogen and oxygen atoms in total. The quantitative estimate of drug-likeness (QED) is 0.896. The van der Waals surface area contributed by atoms with Crippen LogP contribution >= 0.6 is 0 Å². The second-order valence-corrected chi connectivity index (χ2v) is 6.45. The Balaban J connectivity index is 1.78. The number of aliphatic carboxylic acids is 1. The van der Waals surface area contributed by atoms with Gasteiger partial charge in [0.1, 0.15) is 0 Å². The van der Waals surface area contributed by atoms with E-state index in [1.165, 1.54) is 0 Å². The van der Waals surface area contributed by atoms with E-state index in [2.05, 4.69) is 12.2 Å². The molecule has 0 aromatic heterocycles. The molecule has 1 saturated carbocycles. The molecule has 2 aliphatic rings. The summed E-state index contributed by atoms with van der Waals surface area (Å²) in [6.45, 7) is 3.04. The van der Waals surface area contributed by atoms with Gasteiger partial charge in [-0.25, -0.2) is 4.79 Å². The van der Waals surface area contributed by atoms with Crippen molar-refractivity contribution in [3.05, 3.63) is 29.8 Å². The molecule has 1 aliphatic carbocycles. The first-order valence-electron chi connectivity index (χ1n) is 7.35. The largest absolute Gasteiger partial charge is 0.481 e. The van der Waals surface area contributed by atoms with Gasteiger partial charge in [-0.2, -0.15) is 0 Å². The zero-order chi connectivity index (χ0) is 15.0. The van der Waals surface area contributed by atoms with Gasteiger partial charge >= 0.3 is 12.0 Å². The summed E-state index contributed by atoms with van der Waals surface area (Å²) in [4.78, 5) is 25.3. The summed E-state index contributed by atoms with van der Waals surface area (Å²) in [6.07, 6.45) is 2.76. The van der Waals surface area contributed by atoms with Crippen LogP contribution < -0.4 is 10.2 Å². The Morgan fingerprint density at radius 3 is 2.76 bits per heavy atom. The first kappa shape index (κ1) is 13.9. The number of urea groups is 1. The number of hydrogen-bond donors (Lipinski definition) is 2. The van der Waals surface area contributed by atoms with Crippen LogP contribution in [-0.2, 0) is 11.2 Å². The molecule has 0 radical (unpaired) electrons.